The zero-order chi connectivity index (χ0) is 14.1. The Hall–Kier alpha value is -0.0900. The van der Waals surface area contributed by atoms with Crippen LogP contribution in [0.25, 0.3) is 0 Å². The van der Waals surface area contributed by atoms with Gasteiger partial charge in [0.25, 0.3) is 0 Å². The minimum absolute atomic E-state index is 0.354. The fraction of sp³-hybridized carbons (Fsp3) is 1.00. The van der Waals surface area contributed by atoms with Gasteiger partial charge in [-0.3, -0.25) is 0 Å². The molecular weight excluding hydrogens is 258 g/mol. The van der Waals surface area contributed by atoms with Crippen molar-refractivity contribution < 1.29 is 8.42 Å². The van der Waals surface area contributed by atoms with Crippen LogP contribution in [0, 0.1) is 11.8 Å². The molecule has 1 saturated carbocycles. The Morgan fingerprint density at radius 3 is 2.37 bits per heavy atom. The molecule has 0 aromatic heterocycles. The number of nitrogens with one attached hydrogen (secondary N) is 1. The van der Waals surface area contributed by atoms with Gasteiger partial charge < -0.3 is 5.32 Å². The third-order valence-corrected chi connectivity index (χ3v) is 6.10. The summed E-state index contributed by atoms with van der Waals surface area (Å²) in [5.74, 6) is 2.05. The fourth-order valence-corrected chi connectivity index (χ4v) is 4.63. The van der Waals surface area contributed by atoms with Crippen molar-refractivity contribution in [1.82, 2.24) is 5.32 Å². The number of sulfone groups is 1. The van der Waals surface area contributed by atoms with E-state index in [4.69, 9.17) is 0 Å². The molecule has 1 fully saturated rings. The maximum Gasteiger partial charge on any atom is 0.150 e. The highest BCUT2D eigenvalue weighted by atomic mass is 32.2. The van der Waals surface area contributed by atoms with E-state index in [9.17, 15) is 8.42 Å². The zero-order valence-electron chi connectivity index (χ0n) is 12.7. The molecule has 1 rings (SSSR count). The SMILES string of the molecule is CCCNCC(CCS(=O)(=O)CCC)C1CCCC1. The van der Waals surface area contributed by atoms with E-state index < -0.39 is 9.84 Å². The maximum atomic E-state index is 11.9. The largest absolute Gasteiger partial charge is 0.316 e. The highest BCUT2D eigenvalue weighted by Gasteiger charge is 2.26. The van der Waals surface area contributed by atoms with Crippen LogP contribution in [0.15, 0.2) is 0 Å². The average molecular weight is 289 g/mol. The summed E-state index contributed by atoms with van der Waals surface area (Å²) in [5.41, 5.74) is 0. The van der Waals surface area contributed by atoms with Crippen molar-refractivity contribution in [1.29, 1.82) is 0 Å². The normalized spacial score (nSPS) is 18.8. The van der Waals surface area contributed by atoms with Crippen molar-refractivity contribution in [2.24, 2.45) is 11.8 Å². The van der Waals surface area contributed by atoms with E-state index in [0.29, 0.717) is 17.4 Å². The molecule has 3 nitrogen and oxygen atoms in total. The van der Waals surface area contributed by atoms with Crippen LogP contribution in [0.5, 0.6) is 0 Å². The zero-order valence-corrected chi connectivity index (χ0v) is 13.5. The molecule has 0 bridgehead atoms. The molecule has 4 heteroatoms. The van der Waals surface area contributed by atoms with Crippen LogP contribution in [0.2, 0.25) is 0 Å². The third-order valence-electron chi connectivity index (χ3n) is 4.21. The standard InChI is InChI=1S/C15H31NO2S/c1-3-10-16-13-15(14-7-5-6-8-14)9-12-19(17,18)11-4-2/h14-16H,3-13H2,1-2H3. The lowest BCUT2D eigenvalue weighted by molar-refractivity contribution is 0.315. The molecule has 0 heterocycles. The van der Waals surface area contributed by atoms with Gasteiger partial charge in [0.15, 0.2) is 0 Å². The Labute approximate surface area is 119 Å². The Kier molecular flexibility index (Phi) is 8.00. The van der Waals surface area contributed by atoms with Crippen LogP contribution in [-0.2, 0) is 9.84 Å². The van der Waals surface area contributed by atoms with E-state index >= 15 is 0 Å². The molecule has 0 saturated heterocycles. The molecule has 0 amide bonds. The van der Waals surface area contributed by atoms with Crippen molar-refractivity contribution in [3.63, 3.8) is 0 Å². The van der Waals surface area contributed by atoms with Gasteiger partial charge in [-0.25, -0.2) is 8.42 Å². The molecule has 0 aromatic carbocycles. The molecule has 19 heavy (non-hydrogen) atoms. The topological polar surface area (TPSA) is 46.2 Å². The van der Waals surface area contributed by atoms with Crippen LogP contribution < -0.4 is 5.32 Å². The van der Waals surface area contributed by atoms with Gasteiger partial charge in [0, 0.05) is 5.75 Å². The highest BCUT2D eigenvalue weighted by Crippen LogP contribution is 2.33. The first-order chi connectivity index (χ1) is 9.09. The first-order valence-corrected chi connectivity index (χ1v) is 9.82. The summed E-state index contributed by atoms with van der Waals surface area (Å²) in [6.45, 7) is 6.16. The van der Waals surface area contributed by atoms with Crippen LogP contribution in [0.3, 0.4) is 0 Å². The molecule has 1 atom stereocenters. The lowest BCUT2D eigenvalue weighted by atomic mass is 9.88. The fourth-order valence-electron chi connectivity index (χ4n) is 3.14. The molecule has 0 radical (unpaired) electrons. The van der Waals surface area contributed by atoms with Gasteiger partial charge in [-0.2, -0.15) is 0 Å². The van der Waals surface area contributed by atoms with Gasteiger partial charge in [-0.05, 0) is 44.2 Å². The third kappa shape index (κ3) is 6.75. The molecular formula is C15H31NO2S. The van der Waals surface area contributed by atoms with E-state index in [0.717, 1.165) is 38.3 Å². The highest BCUT2D eigenvalue weighted by molar-refractivity contribution is 7.91. The molecule has 1 unspecified atom stereocenters. The summed E-state index contributed by atoms with van der Waals surface area (Å²) in [7, 11) is -2.81. The van der Waals surface area contributed by atoms with Crippen molar-refractivity contribution in [3.05, 3.63) is 0 Å². The predicted molar refractivity (Wildman–Crippen MR) is 82.2 cm³/mol. The lowest BCUT2D eigenvalue weighted by Gasteiger charge is -2.23. The Morgan fingerprint density at radius 1 is 1.11 bits per heavy atom. The number of hydrogen-bond donors (Lipinski definition) is 1. The van der Waals surface area contributed by atoms with Crippen LogP contribution in [0.4, 0.5) is 0 Å². The van der Waals surface area contributed by atoms with E-state index in [1.165, 1.54) is 25.7 Å². The number of rotatable bonds is 10. The second-order valence-electron chi connectivity index (χ2n) is 5.95. The molecule has 0 aromatic rings. The first kappa shape index (κ1) is 17.0. The molecule has 0 spiro atoms. The van der Waals surface area contributed by atoms with E-state index in [-0.39, 0.29) is 0 Å². The van der Waals surface area contributed by atoms with E-state index in [1.54, 1.807) is 0 Å². The Bertz CT molecular complexity index is 321. The molecule has 1 aliphatic carbocycles. The summed E-state index contributed by atoms with van der Waals surface area (Å²) in [4.78, 5) is 0. The van der Waals surface area contributed by atoms with Crippen LogP contribution >= 0.6 is 0 Å². The average Bonchev–Trinajstić information content (AvgIpc) is 2.87. The summed E-state index contributed by atoms with van der Waals surface area (Å²) in [5, 5.41) is 3.49. The Morgan fingerprint density at radius 2 is 1.79 bits per heavy atom. The van der Waals surface area contributed by atoms with E-state index in [2.05, 4.69) is 12.2 Å². The minimum atomic E-state index is -2.81. The van der Waals surface area contributed by atoms with Crippen LogP contribution in [0.1, 0.15) is 58.8 Å². The van der Waals surface area contributed by atoms with Gasteiger partial charge in [-0.1, -0.05) is 39.5 Å². The lowest BCUT2D eigenvalue weighted by Crippen LogP contribution is -2.30. The van der Waals surface area contributed by atoms with Crippen molar-refractivity contribution in [2.75, 3.05) is 24.6 Å². The van der Waals surface area contributed by atoms with Gasteiger partial charge in [-0.15, -0.1) is 0 Å². The number of hydrogen-bond acceptors (Lipinski definition) is 3. The van der Waals surface area contributed by atoms with Crippen LogP contribution in [-0.4, -0.2) is 33.0 Å². The molecule has 1 N–H and O–H groups in total. The Balaban J connectivity index is 2.43. The second-order valence-corrected chi connectivity index (χ2v) is 8.25. The summed E-state index contributed by atoms with van der Waals surface area (Å²) in [6.07, 6.45) is 7.99. The first-order valence-electron chi connectivity index (χ1n) is 8.00. The molecule has 0 aliphatic heterocycles. The van der Waals surface area contributed by atoms with Crippen molar-refractivity contribution in [3.8, 4) is 0 Å². The van der Waals surface area contributed by atoms with Crippen molar-refractivity contribution >= 4 is 9.84 Å². The van der Waals surface area contributed by atoms with Crippen molar-refractivity contribution in [2.45, 2.75) is 58.8 Å². The second kappa shape index (κ2) is 8.96. The predicted octanol–water partition coefficient (Wildman–Crippen LogP) is 3.01. The van der Waals surface area contributed by atoms with Gasteiger partial charge in [0.2, 0.25) is 0 Å². The maximum absolute atomic E-state index is 11.9. The summed E-state index contributed by atoms with van der Waals surface area (Å²) < 4.78 is 23.7. The monoisotopic (exact) mass is 289 g/mol. The smallest absolute Gasteiger partial charge is 0.150 e. The quantitative estimate of drug-likeness (QED) is 0.629. The summed E-state index contributed by atoms with van der Waals surface area (Å²) >= 11 is 0. The van der Waals surface area contributed by atoms with E-state index in [1.807, 2.05) is 6.92 Å². The van der Waals surface area contributed by atoms with Gasteiger partial charge in [0.1, 0.15) is 9.84 Å². The molecule has 1 aliphatic rings. The van der Waals surface area contributed by atoms with Gasteiger partial charge >= 0.3 is 0 Å². The summed E-state index contributed by atoms with van der Waals surface area (Å²) in [6, 6.07) is 0. The minimum Gasteiger partial charge on any atom is -0.316 e. The molecule has 114 valence electrons. The van der Waals surface area contributed by atoms with Gasteiger partial charge in [0.05, 0.1) is 5.75 Å².